The number of benzene rings is 2. The van der Waals surface area contributed by atoms with Crippen LogP contribution in [-0.4, -0.2) is 73.4 Å². The molecule has 0 saturated carbocycles. The second-order valence-corrected chi connectivity index (χ2v) is 9.42. The van der Waals surface area contributed by atoms with E-state index < -0.39 is 17.8 Å². The lowest BCUT2D eigenvalue weighted by Crippen LogP contribution is -2.50. The number of piperazine rings is 1. The summed E-state index contributed by atoms with van der Waals surface area (Å²) < 4.78 is 39.0. The van der Waals surface area contributed by atoms with Crippen LogP contribution in [-0.2, 0) is 12.6 Å². The smallest absolute Gasteiger partial charge is 0.390 e. The molecule has 4 rings (SSSR count). The molecule has 2 aliphatic heterocycles. The molecule has 1 atom stereocenters. The Morgan fingerprint density at radius 1 is 0.818 bits per heavy atom. The summed E-state index contributed by atoms with van der Waals surface area (Å²) in [6, 6.07) is 16.2. The van der Waals surface area contributed by atoms with Crippen LogP contribution in [0.1, 0.15) is 24.0 Å². The predicted octanol–water partition coefficient (Wildman–Crippen LogP) is 4.14. The van der Waals surface area contributed by atoms with Gasteiger partial charge in [-0.05, 0) is 62.0 Å². The van der Waals surface area contributed by atoms with Crippen molar-refractivity contribution in [2.45, 2.75) is 31.5 Å². The first-order valence-corrected chi connectivity index (χ1v) is 12.0. The van der Waals surface area contributed by atoms with Crippen molar-refractivity contribution < 1.29 is 18.3 Å². The van der Waals surface area contributed by atoms with E-state index >= 15 is 0 Å². The van der Waals surface area contributed by atoms with E-state index in [-0.39, 0.29) is 0 Å². The lowest BCUT2D eigenvalue weighted by Gasteiger charge is -2.38. The van der Waals surface area contributed by atoms with Crippen molar-refractivity contribution in [3.63, 3.8) is 0 Å². The van der Waals surface area contributed by atoms with Gasteiger partial charge in [0.1, 0.15) is 0 Å². The molecule has 2 heterocycles. The molecule has 0 radical (unpaired) electrons. The van der Waals surface area contributed by atoms with Crippen LogP contribution in [0.5, 0.6) is 0 Å². The molecule has 0 spiro atoms. The second kappa shape index (κ2) is 10.9. The van der Waals surface area contributed by atoms with E-state index in [1.165, 1.54) is 17.7 Å². The SMILES string of the molecule is O[C@H](CN1CCC(Cc2ccccc2)CC1)CN1CCN(c2cccc(C(F)(F)F)c2)CC1. The van der Waals surface area contributed by atoms with Crippen molar-refractivity contribution in [2.24, 2.45) is 5.92 Å². The van der Waals surface area contributed by atoms with Gasteiger partial charge in [-0.1, -0.05) is 36.4 Å². The standard InChI is InChI=1S/C26H34F3N3O/c27-26(28,29)23-7-4-8-24(18-23)32-15-13-31(14-16-32)20-25(33)19-30-11-9-22(10-12-30)17-21-5-2-1-3-6-21/h1-8,18,22,25,33H,9-17,19-20H2/t25-/m1/s1. The number of hydrogen-bond acceptors (Lipinski definition) is 4. The fraction of sp³-hybridized carbons (Fsp3) is 0.538. The largest absolute Gasteiger partial charge is 0.416 e. The Kier molecular flexibility index (Phi) is 7.94. The monoisotopic (exact) mass is 461 g/mol. The van der Waals surface area contributed by atoms with Crippen LogP contribution in [0.4, 0.5) is 18.9 Å². The van der Waals surface area contributed by atoms with Crippen molar-refractivity contribution >= 4 is 5.69 Å². The normalized spacial score (nSPS) is 20.2. The topological polar surface area (TPSA) is 30.0 Å². The molecule has 1 N–H and O–H groups in total. The average Bonchev–Trinajstić information content (AvgIpc) is 2.81. The summed E-state index contributed by atoms with van der Waals surface area (Å²) in [6.07, 6.45) is -1.27. The van der Waals surface area contributed by atoms with E-state index in [9.17, 15) is 18.3 Å². The Bertz CT molecular complexity index is 861. The molecule has 180 valence electrons. The second-order valence-electron chi connectivity index (χ2n) is 9.42. The molecule has 7 heteroatoms. The van der Waals surface area contributed by atoms with Gasteiger partial charge in [-0.15, -0.1) is 0 Å². The highest BCUT2D eigenvalue weighted by Crippen LogP contribution is 2.32. The Morgan fingerprint density at radius 3 is 2.09 bits per heavy atom. The van der Waals surface area contributed by atoms with Gasteiger partial charge in [-0.3, -0.25) is 4.90 Å². The van der Waals surface area contributed by atoms with E-state index in [1.807, 2.05) is 4.90 Å². The van der Waals surface area contributed by atoms with Crippen LogP contribution in [0.2, 0.25) is 0 Å². The first-order chi connectivity index (χ1) is 15.9. The number of anilines is 1. The van der Waals surface area contributed by atoms with Gasteiger partial charge in [-0.2, -0.15) is 13.2 Å². The maximum atomic E-state index is 13.0. The molecule has 4 nitrogen and oxygen atoms in total. The van der Waals surface area contributed by atoms with E-state index in [2.05, 4.69) is 40.1 Å². The Labute approximate surface area is 194 Å². The number of rotatable bonds is 7. The van der Waals surface area contributed by atoms with Crippen molar-refractivity contribution in [2.75, 3.05) is 57.3 Å². The first-order valence-electron chi connectivity index (χ1n) is 12.0. The molecule has 2 saturated heterocycles. The predicted molar refractivity (Wildman–Crippen MR) is 125 cm³/mol. The van der Waals surface area contributed by atoms with Crippen molar-refractivity contribution in [1.29, 1.82) is 0 Å². The third-order valence-corrected chi connectivity index (χ3v) is 6.92. The zero-order chi connectivity index (χ0) is 23.3. The number of nitrogens with zero attached hydrogens (tertiary/aromatic N) is 3. The number of likely N-dealkylation sites (tertiary alicyclic amines) is 1. The summed E-state index contributed by atoms with van der Waals surface area (Å²) in [7, 11) is 0. The number of aliphatic hydroxyl groups is 1. The number of hydrogen-bond donors (Lipinski definition) is 1. The number of piperidine rings is 1. The Balaban J connectivity index is 1.17. The van der Waals surface area contributed by atoms with Gasteiger partial charge in [0, 0.05) is 45.0 Å². The number of halogens is 3. The van der Waals surface area contributed by atoms with Crippen LogP contribution in [0.15, 0.2) is 54.6 Å². The van der Waals surface area contributed by atoms with Crippen molar-refractivity contribution in [3.05, 3.63) is 65.7 Å². The minimum Gasteiger partial charge on any atom is -0.390 e. The summed E-state index contributed by atoms with van der Waals surface area (Å²) in [5, 5.41) is 10.6. The van der Waals surface area contributed by atoms with Crippen LogP contribution >= 0.6 is 0 Å². The Morgan fingerprint density at radius 2 is 1.45 bits per heavy atom. The van der Waals surface area contributed by atoms with Gasteiger partial charge in [0.05, 0.1) is 11.7 Å². The molecule has 0 unspecified atom stereocenters. The minimum atomic E-state index is -4.32. The highest BCUT2D eigenvalue weighted by molar-refractivity contribution is 5.49. The molecule has 0 aliphatic carbocycles. The van der Waals surface area contributed by atoms with E-state index in [0.717, 1.165) is 51.5 Å². The third-order valence-electron chi connectivity index (χ3n) is 6.92. The zero-order valence-electron chi connectivity index (χ0n) is 19.1. The molecule has 2 aliphatic rings. The summed E-state index contributed by atoms with van der Waals surface area (Å²) in [6.45, 7) is 6.17. The number of β-amino-alcohol motifs (C(OH)–C–C–N with tert-alkyl or cyclic N) is 1. The summed E-state index contributed by atoms with van der Waals surface area (Å²) >= 11 is 0. The van der Waals surface area contributed by atoms with Gasteiger partial charge < -0.3 is 14.9 Å². The van der Waals surface area contributed by atoms with Crippen LogP contribution < -0.4 is 4.90 Å². The van der Waals surface area contributed by atoms with Gasteiger partial charge in [0.2, 0.25) is 0 Å². The third kappa shape index (κ3) is 6.95. The highest BCUT2D eigenvalue weighted by atomic mass is 19.4. The van der Waals surface area contributed by atoms with Crippen LogP contribution in [0.3, 0.4) is 0 Å². The van der Waals surface area contributed by atoms with Crippen molar-refractivity contribution in [1.82, 2.24) is 9.80 Å². The molecule has 0 bridgehead atoms. The maximum absolute atomic E-state index is 13.0. The van der Waals surface area contributed by atoms with E-state index in [0.29, 0.717) is 37.8 Å². The number of aliphatic hydroxyl groups excluding tert-OH is 1. The van der Waals surface area contributed by atoms with Gasteiger partial charge in [0.15, 0.2) is 0 Å². The Hall–Kier alpha value is -2.09. The minimum absolute atomic E-state index is 0.407. The molecular formula is C26H34F3N3O. The average molecular weight is 462 g/mol. The molecular weight excluding hydrogens is 427 g/mol. The number of alkyl halides is 3. The van der Waals surface area contributed by atoms with E-state index in [1.54, 1.807) is 6.07 Å². The lowest BCUT2D eigenvalue weighted by molar-refractivity contribution is -0.137. The van der Waals surface area contributed by atoms with Gasteiger partial charge in [-0.25, -0.2) is 0 Å². The fourth-order valence-electron chi connectivity index (χ4n) is 5.04. The molecule has 2 aromatic rings. The summed E-state index contributed by atoms with van der Waals surface area (Å²) in [5.74, 6) is 0.713. The van der Waals surface area contributed by atoms with Crippen LogP contribution in [0.25, 0.3) is 0 Å². The highest BCUT2D eigenvalue weighted by Gasteiger charge is 2.31. The fourth-order valence-corrected chi connectivity index (χ4v) is 5.04. The molecule has 0 amide bonds. The molecule has 2 fully saturated rings. The van der Waals surface area contributed by atoms with Gasteiger partial charge >= 0.3 is 6.18 Å². The molecule has 33 heavy (non-hydrogen) atoms. The summed E-state index contributed by atoms with van der Waals surface area (Å²) in [5.41, 5.74) is 1.41. The first kappa shape index (κ1) is 24.0. The lowest BCUT2D eigenvalue weighted by atomic mass is 9.90. The maximum Gasteiger partial charge on any atom is 0.416 e. The van der Waals surface area contributed by atoms with Gasteiger partial charge in [0.25, 0.3) is 0 Å². The molecule has 2 aromatic carbocycles. The van der Waals surface area contributed by atoms with Crippen molar-refractivity contribution in [3.8, 4) is 0 Å². The zero-order valence-corrected chi connectivity index (χ0v) is 19.1. The quantitative estimate of drug-likeness (QED) is 0.671. The van der Waals surface area contributed by atoms with E-state index in [4.69, 9.17) is 0 Å². The summed E-state index contributed by atoms with van der Waals surface area (Å²) in [4.78, 5) is 6.58. The van der Waals surface area contributed by atoms with Crippen LogP contribution in [0, 0.1) is 5.92 Å². The molecule has 0 aromatic heterocycles.